The van der Waals surface area contributed by atoms with Gasteiger partial charge in [0, 0.05) is 16.2 Å². The Hall–Kier alpha value is -5.10. The van der Waals surface area contributed by atoms with E-state index in [1.54, 1.807) is 0 Å². The highest BCUT2D eigenvalue weighted by molar-refractivity contribution is 6.16. The minimum absolute atomic E-state index is 0.846. The van der Waals surface area contributed by atoms with Crippen LogP contribution >= 0.6 is 0 Å². The van der Waals surface area contributed by atoms with E-state index < -0.39 is 0 Å². The van der Waals surface area contributed by atoms with E-state index in [1.807, 2.05) is 12.1 Å². The zero-order valence-corrected chi connectivity index (χ0v) is 18.8. The van der Waals surface area contributed by atoms with Gasteiger partial charge in [-0.3, -0.25) is 8.80 Å². The summed E-state index contributed by atoms with van der Waals surface area (Å²) >= 11 is 0. The molecule has 6 heteroatoms. The summed E-state index contributed by atoms with van der Waals surface area (Å²) in [5, 5.41) is 4.63. The molecule has 0 radical (unpaired) electrons. The van der Waals surface area contributed by atoms with Crippen LogP contribution in [-0.2, 0) is 0 Å². The van der Waals surface area contributed by atoms with E-state index in [4.69, 9.17) is 14.4 Å². The maximum atomic E-state index is 6.41. The van der Waals surface area contributed by atoms with E-state index in [-0.39, 0.29) is 0 Å². The molecular weight excluding hydrogens is 446 g/mol. The van der Waals surface area contributed by atoms with Crippen molar-refractivity contribution >= 4 is 82.9 Å². The molecule has 0 atom stereocenters. The van der Waals surface area contributed by atoms with Gasteiger partial charge in [-0.2, -0.15) is 0 Å². The Bertz CT molecular complexity index is 2540. The average molecular weight is 461 g/mol. The van der Waals surface area contributed by atoms with E-state index >= 15 is 0 Å². The lowest BCUT2D eigenvalue weighted by molar-refractivity contribution is 0.671. The van der Waals surface area contributed by atoms with Crippen LogP contribution in [0.5, 0.6) is 0 Å². The van der Waals surface area contributed by atoms with Crippen LogP contribution in [0.2, 0.25) is 0 Å². The van der Waals surface area contributed by atoms with Gasteiger partial charge in [0.05, 0.1) is 27.6 Å². The number of benzene rings is 5. The summed E-state index contributed by atoms with van der Waals surface area (Å²) in [4.78, 5) is 10.2. The van der Waals surface area contributed by atoms with Crippen molar-refractivity contribution in [1.82, 2.24) is 23.2 Å². The molecule has 5 aromatic heterocycles. The number of rotatable bonds is 0. The smallest absolute Gasteiger partial charge is 0.223 e. The first-order valence-corrected chi connectivity index (χ1v) is 12.0. The number of hydrogen-bond acceptors (Lipinski definition) is 3. The Morgan fingerprint density at radius 2 is 1.19 bits per heavy atom. The molecule has 0 N–H and O–H groups in total. The third kappa shape index (κ3) is 1.76. The van der Waals surface area contributed by atoms with E-state index in [9.17, 15) is 0 Å². The number of para-hydroxylation sites is 2. The van der Waals surface area contributed by atoms with Crippen molar-refractivity contribution in [3.63, 3.8) is 0 Å². The van der Waals surface area contributed by atoms with Crippen molar-refractivity contribution in [1.29, 1.82) is 0 Å². The van der Waals surface area contributed by atoms with Gasteiger partial charge in [0.25, 0.3) is 0 Å². The molecule has 0 bridgehead atoms. The second-order valence-electron chi connectivity index (χ2n) is 9.54. The standard InChI is InChI=1S/C30H15N5O/c1-2-7-17-16(6-1)12-14-20-25(17)33-22-9-5-10-23-27(22)35(29(33)31-20)30-32-21-15-13-19-18-8-3-4-11-24(18)36-28(19)26(21)34(23)30/h1-15H. The topological polar surface area (TPSA) is 52.2 Å². The van der Waals surface area contributed by atoms with Gasteiger partial charge in [0.1, 0.15) is 16.6 Å². The fourth-order valence-corrected chi connectivity index (χ4v) is 6.31. The molecule has 5 aromatic carbocycles. The molecule has 36 heavy (non-hydrogen) atoms. The number of nitrogens with zero attached hydrogens (tertiary/aromatic N) is 5. The summed E-state index contributed by atoms with van der Waals surface area (Å²) in [5.74, 6) is 1.72. The van der Waals surface area contributed by atoms with Crippen LogP contribution in [0.25, 0.3) is 82.9 Å². The second kappa shape index (κ2) is 5.58. The molecule has 166 valence electrons. The van der Waals surface area contributed by atoms with Crippen LogP contribution in [-0.4, -0.2) is 23.2 Å². The second-order valence-corrected chi connectivity index (χ2v) is 9.54. The summed E-state index contributed by atoms with van der Waals surface area (Å²) in [6, 6.07) is 31.7. The first-order chi connectivity index (χ1) is 17.9. The monoisotopic (exact) mass is 461 g/mol. The number of imidazole rings is 4. The molecule has 0 aliphatic carbocycles. The molecule has 0 fully saturated rings. The molecular formula is C30H15N5O. The summed E-state index contributed by atoms with van der Waals surface area (Å²) in [6.45, 7) is 0. The maximum absolute atomic E-state index is 6.41. The van der Waals surface area contributed by atoms with Crippen molar-refractivity contribution in [2.24, 2.45) is 0 Å². The molecule has 6 nitrogen and oxygen atoms in total. The van der Waals surface area contributed by atoms with Gasteiger partial charge >= 0.3 is 0 Å². The average Bonchev–Trinajstić information content (AvgIpc) is 3.69. The molecule has 5 heterocycles. The van der Waals surface area contributed by atoms with Gasteiger partial charge in [0.15, 0.2) is 5.58 Å². The third-order valence-electron chi connectivity index (χ3n) is 7.77. The Morgan fingerprint density at radius 1 is 0.500 bits per heavy atom. The van der Waals surface area contributed by atoms with E-state index in [1.165, 1.54) is 10.8 Å². The van der Waals surface area contributed by atoms with E-state index in [0.29, 0.717) is 0 Å². The third-order valence-corrected chi connectivity index (χ3v) is 7.77. The van der Waals surface area contributed by atoms with E-state index in [2.05, 4.69) is 92.1 Å². The first-order valence-electron chi connectivity index (χ1n) is 12.0. The Kier molecular flexibility index (Phi) is 2.69. The summed E-state index contributed by atoms with van der Waals surface area (Å²) in [5.41, 5.74) is 9.11. The lowest BCUT2D eigenvalue weighted by atomic mass is 10.1. The van der Waals surface area contributed by atoms with E-state index in [0.717, 1.165) is 72.1 Å². The number of furan rings is 1. The maximum Gasteiger partial charge on any atom is 0.223 e. The summed E-state index contributed by atoms with van der Waals surface area (Å²) < 4.78 is 13.1. The van der Waals surface area contributed by atoms with Crippen LogP contribution in [0, 0.1) is 0 Å². The molecule has 0 aliphatic rings. The summed E-state index contributed by atoms with van der Waals surface area (Å²) in [6.07, 6.45) is 0. The van der Waals surface area contributed by atoms with Crippen LogP contribution < -0.4 is 0 Å². The molecule has 0 saturated carbocycles. The van der Waals surface area contributed by atoms with Crippen LogP contribution in [0.3, 0.4) is 0 Å². The molecule has 10 aromatic rings. The zero-order valence-electron chi connectivity index (χ0n) is 18.8. The summed E-state index contributed by atoms with van der Waals surface area (Å²) in [7, 11) is 0. The van der Waals surface area contributed by atoms with Gasteiger partial charge < -0.3 is 4.42 Å². The molecule has 0 amide bonds. The number of aromatic nitrogens is 5. The first kappa shape index (κ1) is 17.4. The lowest BCUT2D eigenvalue weighted by Gasteiger charge is -2.01. The lowest BCUT2D eigenvalue weighted by Crippen LogP contribution is -1.88. The van der Waals surface area contributed by atoms with Gasteiger partial charge in [-0.1, -0.05) is 54.6 Å². The van der Waals surface area contributed by atoms with Crippen molar-refractivity contribution < 1.29 is 4.42 Å². The molecule has 10 rings (SSSR count). The van der Waals surface area contributed by atoms with Crippen LogP contribution in [0.4, 0.5) is 0 Å². The minimum atomic E-state index is 0.846. The molecule has 0 spiro atoms. The number of hydrogen-bond donors (Lipinski definition) is 0. The Labute approximate surface area is 201 Å². The van der Waals surface area contributed by atoms with Crippen molar-refractivity contribution in [3.8, 4) is 0 Å². The van der Waals surface area contributed by atoms with Crippen molar-refractivity contribution in [2.45, 2.75) is 0 Å². The Morgan fingerprint density at radius 3 is 2.06 bits per heavy atom. The van der Waals surface area contributed by atoms with Gasteiger partial charge in [-0.25, -0.2) is 14.4 Å². The predicted octanol–water partition coefficient (Wildman–Crippen LogP) is 7.18. The van der Waals surface area contributed by atoms with Crippen molar-refractivity contribution in [2.75, 3.05) is 0 Å². The number of fused-ring (bicyclic) bond motifs is 16. The highest BCUT2D eigenvalue weighted by atomic mass is 16.3. The fraction of sp³-hybridized carbons (Fsp3) is 0. The molecule has 0 saturated heterocycles. The quantitative estimate of drug-likeness (QED) is 0.240. The van der Waals surface area contributed by atoms with Gasteiger partial charge in [-0.15, -0.1) is 0 Å². The van der Waals surface area contributed by atoms with Crippen LogP contribution in [0.1, 0.15) is 0 Å². The normalized spacial score (nSPS) is 13.0. The molecule has 0 aliphatic heterocycles. The molecule has 0 unspecified atom stereocenters. The highest BCUT2D eigenvalue weighted by Crippen LogP contribution is 2.39. The Balaban J connectivity index is 1.50. The zero-order chi connectivity index (χ0) is 23.1. The minimum Gasteiger partial charge on any atom is -0.454 e. The predicted molar refractivity (Wildman–Crippen MR) is 143 cm³/mol. The van der Waals surface area contributed by atoms with Crippen molar-refractivity contribution in [3.05, 3.63) is 91.0 Å². The SMILES string of the molecule is c1ccc2c(c1)ccc1nc3n(c4cccc5c4n3c3nc4ccc6c7ccccc7oc6c4n53)c12. The van der Waals surface area contributed by atoms with Gasteiger partial charge in [-0.05, 0) is 41.8 Å². The largest absolute Gasteiger partial charge is 0.454 e. The van der Waals surface area contributed by atoms with Crippen LogP contribution in [0.15, 0.2) is 95.4 Å². The fourth-order valence-electron chi connectivity index (χ4n) is 6.31. The van der Waals surface area contributed by atoms with Gasteiger partial charge in [0.2, 0.25) is 11.6 Å². The highest BCUT2D eigenvalue weighted by Gasteiger charge is 2.25.